The van der Waals surface area contributed by atoms with Gasteiger partial charge in [0.1, 0.15) is 0 Å². The molecule has 1 amide bonds. The second-order valence-electron chi connectivity index (χ2n) is 6.13. The molecule has 0 aliphatic carbocycles. The van der Waals surface area contributed by atoms with E-state index < -0.39 is 17.7 Å². The molecule has 0 aromatic heterocycles. The predicted molar refractivity (Wildman–Crippen MR) is 95.6 cm³/mol. The van der Waals surface area contributed by atoms with Gasteiger partial charge in [-0.3, -0.25) is 9.59 Å². The number of methoxy groups -OCH3 is 1. The van der Waals surface area contributed by atoms with Crippen LogP contribution in [0.15, 0.2) is 12.2 Å². The summed E-state index contributed by atoms with van der Waals surface area (Å²) in [6.07, 6.45) is 12.1. The molecule has 0 aliphatic rings. The van der Waals surface area contributed by atoms with Gasteiger partial charge in [0.15, 0.2) is 0 Å². The molecule has 0 aromatic carbocycles. The molecule has 0 aromatic rings. The lowest BCUT2D eigenvalue weighted by molar-refractivity contribution is -0.138. The maximum atomic E-state index is 11.7. The predicted octanol–water partition coefficient (Wildman–Crippen LogP) is 3.71. The average molecular weight is 339 g/mol. The van der Waals surface area contributed by atoms with Gasteiger partial charge >= 0.3 is 5.97 Å². The number of hydrogen-bond acceptors (Lipinski definition) is 4. The van der Waals surface area contributed by atoms with Crippen LogP contribution >= 0.6 is 0 Å². The zero-order valence-electron chi connectivity index (χ0n) is 15.3. The van der Waals surface area contributed by atoms with E-state index in [1.807, 2.05) is 0 Å². The van der Waals surface area contributed by atoms with E-state index in [1.54, 1.807) is 0 Å². The number of ketones is 1. The number of carbonyl (C=O) groups excluding carboxylic acids is 3. The minimum Gasteiger partial charge on any atom is -0.466 e. The number of rotatable bonds is 15. The van der Waals surface area contributed by atoms with Crippen molar-refractivity contribution in [3.8, 4) is 0 Å². The van der Waals surface area contributed by atoms with Gasteiger partial charge in [-0.15, -0.1) is 0 Å². The van der Waals surface area contributed by atoms with Crippen LogP contribution in [-0.2, 0) is 19.1 Å². The van der Waals surface area contributed by atoms with Crippen molar-refractivity contribution in [1.82, 2.24) is 5.32 Å². The smallest absolute Gasteiger partial charge is 0.334 e. The van der Waals surface area contributed by atoms with Gasteiger partial charge in [0.25, 0.3) is 5.91 Å². The fourth-order valence-electron chi connectivity index (χ4n) is 2.39. The first kappa shape index (κ1) is 22.4. The number of unbranched alkanes of at least 4 members (excludes halogenated alkanes) is 9. The van der Waals surface area contributed by atoms with E-state index >= 15 is 0 Å². The highest BCUT2D eigenvalue weighted by Gasteiger charge is 2.14. The first-order chi connectivity index (χ1) is 11.5. The molecule has 5 heteroatoms. The van der Waals surface area contributed by atoms with E-state index in [4.69, 9.17) is 0 Å². The molecule has 0 unspecified atom stereocenters. The molecular formula is C19H33NO4. The first-order valence-corrected chi connectivity index (χ1v) is 9.10. The summed E-state index contributed by atoms with van der Waals surface area (Å²) >= 11 is 0. The molecule has 0 atom stereocenters. The van der Waals surface area contributed by atoms with Crippen LogP contribution in [0, 0.1) is 0 Å². The van der Waals surface area contributed by atoms with Gasteiger partial charge in [-0.2, -0.15) is 0 Å². The molecule has 1 N–H and O–H groups in total. The number of ether oxygens (including phenoxy) is 1. The summed E-state index contributed by atoms with van der Waals surface area (Å²) in [5.74, 6) is -1.68. The third kappa shape index (κ3) is 11.9. The summed E-state index contributed by atoms with van der Waals surface area (Å²) in [4.78, 5) is 34.4. The first-order valence-electron chi connectivity index (χ1n) is 9.10. The Morgan fingerprint density at radius 3 is 1.88 bits per heavy atom. The number of nitrogens with one attached hydrogen (secondary N) is 1. The largest absolute Gasteiger partial charge is 0.466 e. The molecule has 5 nitrogen and oxygen atoms in total. The number of esters is 1. The third-order valence-electron chi connectivity index (χ3n) is 3.95. The quantitative estimate of drug-likeness (QED) is 0.214. The Bertz CT molecular complexity index is 404. The van der Waals surface area contributed by atoms with Crippen molar-refractivity contribution in [2.24, 2.45) is 0 Å². The van der Waals surface area contributed by atoms with Crippen LogP contribution in [0.2, 0.25) is 0 Å². The van der Waals surface area contributed by atoms with Gasteiger partial charge in [-0.25, -0.2) is 4.79 Å². The molecule has 138 valence electrons. The van der Waals surface area contributed by atoms with E-state index in [-0.39, 0.29) is 18.5 Å². The lowest BCUT2D eigenvalue weighted by Crippen LogP contribution is -2.33. The summed E-state index contributed by atoms with van der Waals surface area (Å²) in [7, 11) is 1.24. The second-order valence-corrected chi connectivity index (χ2v) is 6.13. The Morgan fingerprint density at radius 1 is 0.875 bits per heavy atom. The fraction of sp³-hybridized carbons (Fsp3) is 0.737. The van der Waals surface area contributed by atoms with Crippen LogP contribution < -0.4 is 5.32 Å². The monoisotopic (exact) mass is 339 g/mol. The van der Waals surface area contributed by atoms with E-state index in [9.17, 15) is 14.4 Å². The molecule has 0 radical (unpaired) electrons. The maximum absolute atomic E-state index is 11.7. The lowest BCUT2D eigenvalue weighted by atomic mass is 10.0. The Labute approximate surface area is 146 Å². The number of hydrogen-bond donors (Lipinski definition) is 1. The molecule has 0 saturated carbocycles. The van der Waals surface area contributed by atoms with Crippen LogP contribution in [0.25, 0.3) is 0 Å². The summed E-state index contributed by atoms with van der Waals surface area (Å²) in [5.41, 5.74) is 0.123. The minimum absolute atomic E-state index is 0.0602. The summed E-state index contributed by atoms with van der Waals surface area (Å²) in [5, 5.41) is 2.39. The van der Waals surface area contributed by atoms with Crippen LogP contribution in [-0.4, -0.2) is 31.3 Å². The molecular weight excluding hydrogens is 306 g/mol. The number of amides is 1. The van der Waals surface area contributed by atoms with Gasteiger partial charge in [0, 0.05) is 18.5 Å². The molecule has 0 aliphatic heterocycles. The molecule has 0 rings (SSSR count). The highest BCUT2D eigenvalue weighted by atomic mass is 16.5. The highest BCUT2D eigenvalue weighted by molar-refractivity contribution is 6.36. The van der Waals surface area contributed by atoms with Crippen molar-refractivity contribution in [2.75, 3.05) is 13.7 Å². The van der Waals surface area contributed by atoms with Gasteiger partial charge in [-0.1, -0.05) is 71.3 Å². The fourth-order valence-corrected chi connectivity index (χ4v) is 2.39. The van der Waals surface area contributed by atoms with Crippen molar-refractivity contribution >= 4 is 17.7 Å². The van der Waals surface area contributed by atoms with Crippen molar-refractivity contribution < 1.29 is 19.1 Å². The van der Waals surface area contributed by atoms with Crippen molar-refractivity contribution in [1.29, 1.82) is 0 Å². The molecule has 0 saturated heterocycles. The average Bonchev–Trinajstić information content (AvgIpc) is 2.59. The highest BCUT2D eigenvalue weighted by Crippen LogP contribution is 2.11. The van der Waals surface area contributed by atoms with Crippen LogP contribution in [0.5, 0.6) is 0 Å². The van der Waals surface area contributed by atoms with E-state index in [1.165, 1.54) is 52.1 Å². The molecule has 0 fully saturated rings. The van der Waals surface area contributed by atoms with E-state index in [0.29, 0.717) is 0 Å². The third-order valence-corrected chi connectivity index (χ3v) is 3.95. The summed E-state index contributed by atoms with van der Waals surface area (Å²) in [6.45, 7) is 5.64. The van der Waals surface area contributed by atoms with Gasteiger partial charge in [0.05, 0.1) is 7.11 Å². The minimum atomic E-state index is -0.657. The number of carbonyl (C=O) groups is 3. The van der Waals surface area contributed by atoms with E-state index in [0.717, 1.165) is 19.3 Å². The Balaban J connectivity index is 3.56. The molecule has 24 heavy (non-hydrogen) atoms. The van der Waals surface area contributed by atoms with Crippen LogP contribution in [0.1, 0.15) is 77.6 Å². The Kier molecular flexibility index (Phi) is 13.9. The SMILES string of the molecule is C=C(CNC(=O)C(=O)CCCCCCCCCCCC)C(=O)OC. The van der Waals surface area contributed by atoms with Crippen LogP contribution in [0.3, 0.4) is 0 Å². The lowest BCUT2D eigenvalue weighted by Gasteiger charge is -2.06. The van der Waals surface area contributed by atoms with Crippen molar-refractivity contribution in [3.63, 3.8) is 0 Å². The van der Waals surface area contributed by atoms with Gasteiger partial charge < -0.3 is 10.1 Å². The molecule has 0 bridgehead atoms. The van der Waals surface area contributed by atoms with Crippen molar-refractivity contribution in [3.05, 3.63) is 12.2 Å². The van der Waals surface area contributed by atoms with Crippen molar-refractivity contribution in [2.45, 2.75) is 77.6 Å². The molecule has 0 heterocycles. The Hall–Kier alpha value is -1.65. The van der Waals surface area contributed by atoms with E-state index in [2.05, 4.69) is 23.6 Å². The standard InChI is InChI=1S/C19H33NO4/c1-4-5-6-7-8-9-10-11-12-13-14-17(21)18(22)20-15-16(2)19(23)24-3/h2,4-15H2,1,3H3,(H,20,22). The van der Waals surface area contributed by atoms with Crippen LogP contribution in [0.4, 0.5) is 0 Å². The summed E-state index contributed by atoms with van der Waals surface area (Å²) < 4.78 is 4.47. The molecule has 0 spiro atoms. The maximum Gasteiger partial charge on any atom is 0.334 e. The second kappa shape index (κ2) is 14.9. The zero-order valence-corrected chi connectivity index (χ0v) is 15.3. The van der Waals surface area contributed by atoms with Gasteiger partial charge in [-0.05, 0) is 6.42 Å². The van der Waals surface area contributed by atoms with Gasteiger partial charge in [0.2, 0.25) is 5.78 Å². The number of Topliss-reactive ketones (excluding diaryl/α,β-unsaturated/α-hetero) is 1. The zero-order chi connectivity index (χ0) is 18.2. The summed E-state index contributed by atoms with van der Waals surface area (Å²) in [6, 6.07) is 0. The normalized spacial score (nSPS) is 10.2. The Morgan fingerprint density at radius 2 is 1.38 bits per heavy atom. The topological polar surface area (TPSA) is 72.5 Å².